The van der Waals surface area contributed by atoms with Gasteiger partial charge in [0, 0.05) is 17.7 Å². The van der Waals surface area contributed by atoms with Crippen LogP contribution in [0.2, 0.25) is 0 Å². The predicted octanol–water partition coefficient (Wildman–Crippen LogP) is 2.69. The van der Waals surface area contributed by atoms with Crippen LogP contribution in [0, 0.1) is 11.8 Å². The first-order valence-electron chi connectivity index (χ1n) is 14.2. The van der Waals surface area contributed by atoms with Crippen LogP contribution in [-0.2, 0) is 19.2 Å². The molecule has 3 unspecified atom stereocenters. The number of benzene rings is 1. The Bertz CT molecular complexity index is 1200. The number of ketones is 1. The van der Waals surface area contributed by atoms with E-state index in [9.17, 15) is 47.0 Å². The van der Waals surface area contributed by atoms with Gasteiger partial charge in [-0.3, -0.25) is 24.0 Å². The lowest BCUT2D eigenvalue weighted by molar-refractivity contribution is -0.175. The highest BCUT2D eigenvalue weighted by molar-refractivity contribution is 6.01. The summed E-state index contributed by atoms with van der Waals surface area (Å²) in [6.07, 6.45) is -3.78. The molecule has 0 bridgehead atoms. The molecule has 0 aromatic heterocycles. The van der Waals surface area contributed by atoms with Crippen LogP contribution >= 0.6 is 0 Å². The van der Waals surface area contributed by atoms with Crippen molar-refractivity contribution < 1.29 is 47.0 Å². The summed E-state index contributed by atoms with van der Waals surface area (Å²) in [5.74, 6) is -7.29. The van der Waals surface area contributed by atoms with E-state index in [4.69, 9.17) is 0 Å². The van der Waals surface area contributed by atoms with Crippen LogP contribution in [0.25, 0.3) is 0 Å². The molecule has 1 aliphatic rings. The number of alkyl halides is 3. The summed E-state index contributed by atoms with van der Waals surface area (Å²) in [4.78, 5) is 76.4. The Kier molecular flexibility index (Phi) is 12.3. The Labute approximate surface area is 247 Å². The van der Waals surface area contributed by atoms with Crippen LogP contribution in [0.3, 0.4) is 0 Å². The summed E-state index contributed by atoms with van der Waals surface area (Å²) in [5, 5.41) is 16.5. The second kappa shape index (κ2) is 15.0. The minimum atomic E-state index is -5.14. The third kappa shape index (κ3) is 9.26. The van der Waals surface area contributed by atoms with Gasteiger partial charge in [0.1, 0.15) is 18.1 Å². The number of nitrogens with one attached hydrogen (secondary N) is 3. The lowest BCUT2D eigenvalue weighted by Crippen LogP contribution is -2.58. The number of rotatable bonds is 13. The molecule has 14 heteroatoms. The SMILES string of the molecule is CCCC(NC(=O)c1ccc(C(=O)NC(C(=O)N2CCC[C@H]2C(=O)NC(C(=O)C(F)(F)F)C(C)C)C(C)C)cc1)C(=O)O. The molecule has 11 nitrogen and oxygen atoms in total. The van der Waals surface area contributed by atoms with Crippen molar-refractivity contribution in [2.75, 3.05) is 6.54 Å². The molecule has 0 radical (unpaired) electrons. The quantitative estimate of drug-likeness (QED) is 0.266. The standard InChI is InChI=1S/C29H39F3N4O7/c1-6-8-19(28(42)43)33-24(38)17-10-12-18(13-11-17)25(39)35-22(16(4)5)27(41)36-14-7-9-20(36)26(40)34-21(15(2)3)23(37)29(30,31)32/h10-13,15-16,19-22H,6-9,14H2,1-5H3,(H,33,38)(H,34,40)(H,35,39)(H,42,43)/t19?,20-,21?,22?/m0/s1. The number of hydrogen-bond acceptors (Lipinski definition) is 6. The van der Waals surface area contributed by atoms with E-state index in [0.717, 1.165) is 0 Å². The van der Waals surface area contributed by atoms with Crippen molar-refractivity contribution >= 4 is 35.4 Å². The fourth-order valence-corrected chi connectivity index (χ4v) is 4.74. The van der Waals surface area contributed by atoms with Crippen molar-refractivity contribution in [1.82, 2.24) is 20.9 Å². The third-order valence-electron chi connectivity index (χ3n) is 7.17. The van der Waals surface area contributed by atoms with E-state index < -0.39 is 77.6 Å². The number of carboxylic acids is 1. The third-order valence-corrected chi connectivity index (χ3v) is 7.17. The summed E-state index contributed by atoms with van der Waals surface area (Å²) in [6.45, 7) is 8.01. The Morgan fingerprint density at radius 3 is 1.84 bits per heavy atom. The summed E-state index contributed by atoms with van der Waals surface area (Å²) in [6, 6.07) is 0.300. The van der Waals surface area contributed by atoms with Gasteiger partial charge >= 0.3 is 12.1 Å². The van der Waals surface area contributed by atoms with Gasteiger partial charge in [0.2, 0.25) is 11.8 Å². The first kappa shape index (κ1) is 35.2. The highest BCUT2D eigenvalue weighted by Crippen LogP contribution is 2.24. The van der Waals surface area contributed by atoms with Crippen molar-refractivity contribution in [3.8, 4) is 0 Å². The maximum Gasteiger partial charge on any atom is 0.452 e. The number of amides is 4. The molecular weight excluding hydrogens is 573 g/mol. The van der Waals surface area contributed by atoms with E-state index in [2.05, 4.69) is 16.0 Å². The van der Waals surface area contributed by atoms with E-state index in [1.54, 1.807) is 20.8 Å². The van der Waals surface area contributed by atoms with Crippen LogP contribution < -0.4 is 16.0 Å². The van der Waals surface area contributed by atoms with Gasteiger partial charge < -0.3 is 26.0 Å². The topological polar surface area (TPSA) is 162 Å². The molecule has 43 heavy (non-hydrogen) atoms. The van der Waals surface area contributed by atoms with E-state index >= 15 is 0 Å². The minimum Gasteiger partial charge on any atom is -0.480 e. The molecule has 0 spiro atoms. The summed E-state index contributed by atoms with van der Waals surface area (Å²) >= 11 is 0. The van der Waals surface area contributed by atoms with Crippen molar-refractivity contribution in [1.29, 1.82) is 0 Å². The largest absolute Gasteiger partial charge is 0.480 e. The molecule has 4 amide bonds. The lowest BCUT2D eigenvalue weighted by Gasteiger charge is -2.32. The first-order chi connectivity index (χ1) is 20.0. The second-order valence-electron chi connectivity index (χ2n) is 11.2. The zero-order valence-electron chi connectivity index (χ0n) is 24.8. The number of aliphatic carboxylic acids is 1. The van der Waals surface area contributed by atoms with Crippen LogP contribution in [0.1, 0.15) is 81.0 Å². The molecule has 0 saturated carbocycles. The number of likely N-dealkylation sites (tertiary alicyclic amines) is 1. The zero-order valence-corrected chi connectivity index (χ0v) is 24.8. The highest BCUT2D eigenvalue weighted by atomic mass is 19.4. The van der Waals surface area contributed by atoms with Gasteiger partial charge in [-0.15, -0.1) is 0 Å². The monoisotopic (exact) mass is 612 g/mol. The van der Waals surface area contributed by atoms with Gasteiger partial charge in [0.25, 0.3) is 17.6 Å². The molecule has 4 N–H and O–H groups in total. The summed E-state index contributed by atoms with van der Waals surface area (Å²) < 4.78 is 39.2. The zero-order chi connectivity index (χ0) is 32.6. The number of carboxylic acid groups (broad SMARTS) is 1. The Morgan fingerprint density at radius 2 is 1.40 bits per heavy atom. The van der Waals surface area contributed by atoms with Crippen LogP contribution in [0.5, 0.6) is 0 Å². The maximum absolute atomic E-state index is 13.5. The number of carbonyl (C=O) groups excluding carboxylic acids is 5. The van der Waals surface area contributed by atoms with E-state index in [1.165, 1.54) is 43.0 Å². The van der Waals surface area contributed by atoms with Gasteiger partial charge in [0.05, 0.1) is 6.04 Å². The fraction of sp³-hybridized carbons (Fsp3) is 0.586. The van der Waals surface area contributed by atoms with Gasteiger partial charge in [-0.05, 0) is 55.4 Å². The molecule has 238 valence electrons. The van der Waals surface area contributed by atoms with Crippen LogP contribution in [0.4, 0.5) is 13.2 Å². The number of hydrogen-bond donors (Lipinski definition) is 4. The van der Waals surface area contributed by atoms with Gasteiger partial charge in [-0.25, -0.2) is 4.79 Å². The molecule has 4 atom stereocenters. The van der Waals surface area contributed by atoms with E-state index in [-0.39, 0.29) is 30.5 Å². The molecule has 1 aromatic carbocycles. The molecule has 1 aliphatic heterocycles. The number of nitrogens with zero attached hydrogens (tertiary/aromatic N) is 1. The molecule has 1 fully saturated rings. The van der Waals surface area contributed by atoms with Crippen molar-refractivity contribution in [2.45, 2.75) is 90.6 Å². The van der Waals surface area contributed by atoms with E-state index in [1.807, 2.05) is 0 Å². The molecular formula is C29H39F3N4O7. The Morgan fingerprint density at radius 1 is 0.884 bits per heavy atom. The first-order valence-corrected chi connectivity index (χ1v) is 14.2. The van der Waals surface area contributed by atoms with Gasteiger partial charge in [0.15, 0.2) is 0 Å². The minimum absolute atomic E-state index is 0.111. The van der Waals surface area contributed by atoms with E-state index in [0.29, 0.717) is 12.8 Å². The maximum atomic E-state index is 13.5. The van der Waals surface area contributed by atoms with Crippen molar-refractivity contribution in [2.24, 2.45) is 11.8 Å². The smallest absolute Gasteiger partial charge is 0.452 e. The van der Waals surface area contributed by atoms with Crippen molar-refractivity contribution in [3.05, 3.63) is 35.4 Å². The average molecular weight is 613 g/mol. The highest BCUT2D eigenvalue weighted by Gasteiger charge is 2.46. The number of carbonyl (C=O) groups is 6. The number of Topliss-reactive ketones (excluding diaryl/α,β-unsaturated/α-hetero) is 1. The summed E-state index contributed by atoms with van der Waals surface area (Å²) in [5.41, 5.74) is 0.240. The van der Waals surface area contributed by atoms with Gasteiger partial charge in [-0.1, -0.05) is 41.0 Å². The molecule has 2 rings (SSSR count). The molecule has 0 aliphatic carbocycles. The van der Waals surface area contributed by atoms with Crippen molar-refractivity contribution in [3.63, 3.8) is 0 Å². The predicted molar refractivity (Wildman–Crippen MR) is 149 cm³/mol. The molecule has 1 saturated heterocycles. The van der Waals surface area contributed by atoms with Gasteiger partial charge in [-0.2, -0.15) is 13.2 Å². The van der Waals surface area contributed by atoms with Crippen LogP contribution in [0.15, 0.2) is 24.3 Å². The normalized spacial score (nSPS) is 17.3. The second-order valence-corrected chi connectivity index (χ2v) is 11.2. The summed E-state index contributed by atoms with van der Waals surface area (Å²) in [7, 11) is 0. The average Bonchev–Trinajstić information content (AvgIpc) is 3.43. The molecule has 1 heterocycles. The van der Waals surface area contributed by atoms with Crippen LogP contribution in [-0.4, -0.2) is 82.3 Å². The molecule has 1 aromatic rings. The number of halogens is 3. The Hall–Kier alpha value is -3.97. The lowest BCUT2D eigenvalue weighted by atomic mass is 9.98. The Balaban J connectivity index is 2.14. The fourth-order valence-electron chi connectivity index (χ4n) is 4.74.